The van der Waals surface area contributed by atoms with Crippen LogP contribution in [0.5, 0.6) is 0 Å². The van der Waals surface area contributed by atoms with Gasteiger partial charge in [-0.15, -0.1) is 3.89 Å². The summed E-state index contributed by atoms with van der Waals surface area (Å²) >= 11 is 0.0788. The summed E-state index contributed by atoms with van der Waals surface area (Å²) in [5, 5.41) is 7.21. The highest BCUT2D eigenvalue weighted by atomic mass is 32.2. The average molecular weight is 346 g/mol. The number of rotatable bonds is 7. The summed E-state index contributed by atoms with van der Waals surface area (Å²) in [6, 6.07) is 0.0308. The summed E-state index contributed by atoms with van der Waals surface area (Å²) in [5.41, 5.74) is 8.82. The number of hydrogen-bond acceptors (Lipinski definition) is 4. The van der Waals surface area contributed by atoms with Gasteiger partial charge in [0.15, 0.2) is 18.0 Å². The first kappa shape index (κ1) is 16.8. The molecule has 2 atom stereocenters. The third-order valence-electron chi connectivity index (χ3n) is 4.62. The van der Waals surface area contributed by atoms with Crippen LogP contribution in [0.4, 0.5) is 9.70 Å². The lowest BCUT2D eigenvalue weighted by Gasteiger charge is -2.18. The van der Waals surface area contributed by atoms with E-state index in [1.165, 1.54) is 23.0 Å². The Morgan fingerprint density at radius 2 is 2.38 bits per heavy atom. The Kier molecular flexibility index (Phi) is 5.05. The predicted octanol–water partition coefficient (Wildman–Crippen LogP) is 4.52. The van der Waals surface area contributed by atoms with E-state index in [9.17, 15) is 3.89 Å². The van der Waals surface area contributed by atoms with Crippen molar-refractivity contribution in [3.8, 4) is 6.19 Å². The zero-order valence-electron chi connectivity index (χ0n) is 13.6. The molecule has 0 amide bonds. The second-order valence-corrected chi connectivity index (χ2v) is 6.77. The number of nitrogens with two attached hydrogens (primary N) is 1. The highest BCUT2D eigenvalue weighted by Crippen LogP contribution is 2.41. The highest BCUT2D eigenvalue weighted by Gasteiger charge is 2.41. The fraction of sp³-hybridized carbons (Fsp3) is 0.471. The van der Waals surface area contributed by atoms with E-state index >= 15 is 0 Å². The maximum Gasteiger partial charge on any atom is 0.423 e. The third-order valence-corrected chi connectivity index (χ3v) is 5.07. The van der Waals surface area contributed by atoms with Crippen LogP contribution in [0.3, 0.4) is 0 Å². The Morgan fingerprint density at radius 3 is 3.00 bits per heavy atom. The molecule has 2 unspecified atom stereocenters. The van der Waals surface area contributed by atoms with Crippen molar-refractivity contribution in [2.45, 2.75) is 44.6 Å². The van der Waals surface area contributed by atoms with Gasteiger partial charge in [0.05, 0.1) is 0 Å². The quantitative estimate of drug-likeness (QED) is 0.563. The molecule has 24 heavy (non-hydrogen) atoms. The number of aromatic nitrogens is 1. The van der Waals surface area contributed by atoms with Gasteiger partial charge in [0.25, 0.3) is 0 Å². The van der Waals surface area contributed by atoms with E-state index in [-0.39, 0.29) is 24.3 Å². The number of halogens is 1. The Morgan fingerprint density at radius 1 is 1.58 bits per heavy atom. The molecule has 1 aliphatic carbocycles. The molecule has 1 saturated carbocycles. The first-order valence-electron chi connectivity index (χ1n) is 8.17. The smallest absolute Gasteiger partial charge is 0.384 e. The Labute approximate surface area is 145 Å². The van der Waals surface area contributed by atoms with Gasteiger partial charge in [0.2, 0.25) is 6.04 Å². The number of hydrogen-bond donors (Lipinski definition) is 2. The third kappa shape index (κ3) is 3.24. The molecule has 1 aliphatic heterocycles. The first-order valence-corrected chi connectivity index (χ1v) is 8.85. The fourth-order valence-electron chi connectivity index (χ4n) is 3.20. The SMILES string of the molecule is CCC1[N+]#CN=C(CC2CC2)C1c1cn(SF)c(N)c1C=CC=N. The molecule has 126 valence electrons. The number of nitrogen functional groups attached to an aromatic ring is 1. The summed E-state index contributed by atoms with van der Waals surface area (Å²) in [5.74, 6) is 1.02. The van der Waals surface area contributed by atoms with Crippen LogP contribution in [-0.4, -0.2) is 21.9 Å². The molecule has 1 aromatic heterocycles. The topological polar surface area (TPSA) is 71.5 Å². The Balaban J connectivity index is 2.06. The van der Waals surface area contributed by atoms with Crippen LogP contribution in [0, 0.1) is 17.5 Å². The average Bonchev–Trinajstić information content (AvgIpc) is 3.36. The van der Waals surface area contributed by atoms with Gasteiger partial charge >= 0.3 is 6.19 Å². The van der Waals surface area contributed by atoms with Crippen molar-refractivity contribution >= 4 is 36.2 Å². The Bertz CT molecular complexity index is 751. The van der Waals surface area contributed by atoms with Crippen molar-refractivity contribution in [3.05, 3.63) is 28.2 Å². The molecule has 0 aromatic carbocycles. The maximum absolute atomic E-state index is 13.2. The molecule has 0 radical (unpaired) electrons. The van der Waals surface area contributed by atoms with Crippen molar-refractivity contribution in [2.24, 2.45) is 10.9 Å². The molecule has 7 heteroatoms. The van der Waals surface area contributed by atoms with Gasteiger partial charge in [-0.05, 0) is 36.5 Å². The van der Waals surface area contributed by atoms with Gasteiger partial charge in [-0.25, -0.2) is 3.97 Å². The predicted molar refractivity (Wildman–Crippen MR) is 99.6 cm³/mol. The number of anilines is 1. The van der Waals surface area contributed by atoms with Crippen molar-refractivity contribution in [1.29, 1.82) is 5.41 Å². The molecular weight excluding hydrogens is 325 g/mol. The normalized spacial score (nSPS) is 23.0. The van der Waals surface area contributed by atoms with E-state index in [0.717, 1.165) is 29.7 Å². The van der Waals surface area contributed by atoms with E-state index in [2.05, 4.69) is 23.0 Å². The second kappa shape index (κ2) is 7.22. The van der Waals surface area contributed by atoms with Crippen LogP contribution in [0.25, 0.3) is 10.9 Å². The summed E-state index contributed by atoms with van der Waals surface area (Å²) in [6.07, 6.45) is 13.4. The van der Waals surface area contributed by atoms with E-state index in [1.54, 1.807) is 18.3 Å². The van der Waals surface area contributed by atoms with Crippen molar-refractivity contribution in [3.63, 3.8) is 0 Å². The molecule has 1 aromatic rings. The molecule has 0 saturated heterocycles. The monoisotopic (exact) mass is 346 g/mol. The van der Waals surface area contributed by atoms with Gasteiger partial charge < -0.3 is 11.1 Å². The van der Waals surface area contributed by atoms with Gasteiger partial charge in [-0.3, -0.25) is 0 Å². The zero-order chi connectivity index (χ0) is 17.1. The molecule has 2 heterocycles. The molecule has 3 N–H and O–H groups in total. The molecule has 0 bridgehead atoms. The highest BCUT2D eigenvalue weighted by molar-refractivity contribution is 7.92. The van der Waals surface area contributed by atoms with Crippen LogP contribution in [-0.2, 0) is 0 Å². The summed E-state index contributed by atoms with van der Waals surface area (Å²) < 4.78 is 14.6. The van der Waals surface area contributed by atoms with Gasteiger partial charge in [0.1, 0.15) is 11.7 Å². The minimum atomic E-state index is -0.0158. The summed E-state index contributed by atoms with van der Waals surface area (Å²) in [6.45, 7) is 2.08. The Hall–Kier alpha value is -2.07. The number of nitrogens with zero attached hydrogens (tertiary/aromatic N) is 3. The maximum atomic E-state index is 13.2. The molecular formula is C17H21FN5S+. The number of aliphatic imine (C=N–C) groups is 1. The molecule has 1 fully saturated rings. The summed E-state index contributed by atoms with van der Waals surface area (Å²) in [4.78, 5) is 8.84. The lowest BCUT2D eigenvalue weighted by Crippen LogP contribution is -2.26. The van der Waals surface area contributed by atoms with E-state index in [4.69, 9.17) is 11.1 Å². The van der Waals surface area contributed by atoms with Crippen LogP contribution in [0.2, 0.25) is 0 Å². The standard InChI is InChI=1S/C17H21FN5S/c1-2-14-16(15(22-10-21-14)8-11-5-6-11)13-9-23(24-18)17(20)12(13)4-3-7-19/h3-4,7,9,11,14,16,19H,2,5-6,8,20H2,1H3/q+1. The van der Waals surface area contributed by atoms with Crippen molar-refractivity contribution in [1.82, 2.24) is 3.97 Å². The minimum Gasteiger partial charge on any atom is -0.384 e. The second-order valence-electron chi connectivity index (χ2n) is 6.24. The molecule has 2 aliphatic rings. The largest absolute Gasteiger partial charge is 0.423 e. The van der Waals surface area contributed by atoms with Gasteiger partial charge in [0, 0.05) is 35.8 Å². The van der Waals surface area contributed by atoms with E-state index < -0.39 is 0 Å². The molecule has 5 nitrogen and oxygen atoms in total. The van der Waals surface area contributed by atoms with Crippen LogP contribution >= 0.6 is 12.3 Å². The lowest BCUT2D eigenvalue weighted by atomic mass is 9.82. The van der Waals surface area contributed by atoms with Crippen LogP contribution in [0.15, 0.2) is 17.3 Å². The fourth-order valence-corrected chi connectivity index (χ4v) is 3.53. The van der Waals surface area contributed by atoms with E-state index in [1.807, 2.05) is 0 Å². The number of allylic oxidation sites excluding steroid dienone is 1. The molecule has 0 spiro atoms. The number of nitrogens with one attached hydrogen (secondary N) is 1. The van der Waals surface area contributed by atoms with Gasteiger partial charge in [-0.2, -0.15) is 4.85 Å². The van der Waals surface area contributed by atoms with Crippen molar-refractivity contribution < 1.29 is 3.89 Å². The molecule has 3 rings (SSSR count). The van der Waals surface area contributed by atoms with Crippen LogP contribution in [0.1, 0.15) is 49.7 Å². The van der Waals surface area contributed by atoms with E-state index in [0.29, 0.717) is 11.7 Å². The lowest BCUT2D eigenvalue weighted by molar-refractivity contribution is 0.666. The van der Waals surface area contributed by atoms with Gasteiger partial charge in [-0.1, -0.05) is 6.92 Å². The first-order chi connectivity index (χ1) is 11.7. The van der Waals surface area contributed by atoms with Crippen molar-refractivity contribution in [2.75, 3.05) is 5.73 Å². The zero-order valence-corrected chi connectivity index (χ0v) is 14.4. The van der Waals surface area contributed by atoms with Crippen LogP contribution < -0.4 is 5.73 Å². The minimum absolute atomic E-state index is 0.0158. The summed E-state index contributed by atoms with van der Waals surface area (Å²) in [7, 11) is 0.